The number of benzene rings is 2. The minimum Gasteiger partial charge on any atom is -0.477 e. The van der Waals surface area contributed by atoms with Gasteiger partial charge in [-0.25, -0.2) is 4.68 Å². The van der Waals surface area contributed by atoms with Crippen molar-refractivity contribution in [1.29, 1.82) is 0 Å². The van der Waals surface area contributed by atoms with Crippen LogP contribution >= 0.6 is 11.6 Å². The number of aromatic nitrogens is 2. The monoisotopic (exact) mass is 298 g/mol. The first-order chi connectivity index (χ1) is 10.3. The molecule has 3 rings (SSSR count). The molecule has 0 bridgehead atoms. The van der Waals surface area contributed by atoms with E-state index >= 15 is 0 Å². The zero-order valence-corrected chi connectivity index (χ0v) is 12.4. The van der Waals surface area contributed by atoms with Crippen molar-refractivity contribution in [3.8, 4) is 22.8 Å². The highest BCUT2D eigenvalue weighted by atomic mass is 35.5. The number of nitrogens with zero attached hydrogens (tertiary/aromatic N) is 2. The summed E-state index contributed by atoms with van der Waals surface area (Å²) in [7, 11) is 0. The molecule has 0 aliphatic carbocycles. The molecule has 0 unspecified atom stereocenters. The highest BCUT2D eigenvalue weighted by molar-refractivity contribution is 6.30. The van der Waals surface area contributed by atoms with Gasteiger partial charge in [0.15, 0.2) is 0 Å². The van der Waals surface area contributed by atoms with Crippen molar-refractivity contribution >= 4 is 11.6 Å². The molecular weight excluding hydrogens is 284 g/mol. The third-order valence-electron chi connectivity index (χ3n) is 3.12. The standard InChI is InChI=1S/C17H15ClN2O/c1-2-21-17-12-16(13-6-4-3-5-7-13)20(19-17)15-10-8-14(18)9-11-15/h3-12H,2H2,1H3. The van der Waals surface area contributed by atoms with Crippen LogP contribution in [0.15, 0.2) is 60.7 Å². The number of rotatable bonds is 4. The Morgan fingerprint density at radius 1 is 1.05 bits per heavy atom. The summed E-state index contributed by atoms with van der Waals surface area (Å²) in [6.45, 7) is 2.54. The number of hydrogen-bond acceptors (Lipinski definition) is 2. The van der Waals surface area contributed by atoms with E-state index in [0.29, 0.717) is 17.5 Å². The molecule has 0 aliphatic rings. The van der Waals surface area contributed by atoms with Crippen molar-refractivity contribution in [3.05, 3.63) is 65.7 Å². The molecule has 0 amide bonds. The van der Waals surface area contributed by atoms with Crippen LogP contribution in [0, 0.1) is 0 Å². The third kappa shape index (κ3) is 2.93. The number of ether oxygens (including phenoxy) is 1. The molecule has 0 radical (unpaired) electrons. The minimum absolute atomic E-state index is 0.589. The van der Waals surface area contributed by atoms with E-state index in [1.807, 2.05) is 60.1 Å². The molecule has 0 N–H and O–H groups in total. The van der Waals surface area contributed by atoms with Crippen molar-refractivity contribution < 1.29 is 4.74 Å². The van der Waals surface area contributed by atoms with Crippen LogP contribution < -0.4 is 4.74 Å². The Labute approximate surface area is 128 Å². The van der Waals surface area contributed by atoms with Gasteiger partial charge in [0.25, 0.3) is 0 Å². The van der Waals surface area contributed by atoms with Crippen LogP contribution in [0.1, 0.15) is 6.92 Å². The van der Waals surface area contributed by atoms with Crippen molar-refractivity contribution in [3.63, 3.8) is 0 Å². The lowest BCUT2D eigenvalue weighted by Crippen LogP contribution is -1.99. The first-order valence-electron chi connectivity index (χ1n) is 6.82. The average molecular weight is 299 g/mol. The van der Waals surface area contributed by atoms with Gasteiger partial charge in [-0.2, -0.15) is 0 Å². The maximum atomic E-state index is 5.96. The topological polar surface area (TPSA) is 27.1 Å². The minimum atomic E-state index is 0.589. The quantitative estimate of drug-likeness (QED) is 0.704. The normalized spacial score (nSPS) is 10.6. The predicted octanol–water partition coefficient (Wildman–Crippen LogP) is 4.59. The summed E-state index contributed by atoms with van der Waals surface area (Å²) in [5, 5.41) is 5.23. The summed E-state index contributed by atoms with van der Waals surface area (Å²) < 4.78 is 7.41. The van der Waals surface area contributed by atoms with Crippen LogP contribution in [0.4, 0.5) is 0 Å². The fraction of sp³-hybridized carbons (Fsp3) is 0.118. The Balaban J connectivity index is 2.11. The highest BCUT2D eigenvalue weighted by Crippen LogP contribution is 2.27. The molecule has 106 valence electrons. The van der Waals surface area contributed by atoms with Gasteiger partial charge in [0.1, 0.15) is 0 Å². The van der Waals surface area contributed by atoms with Crippen LogP contribution in [-0.2, 0) is 0 Å². The molecule has 0 saturated heterocycles. The molecule has 21 heavy (non-hydrogen) atoms. The number of halogens is 1. The maximum Gasteiger partial charge on any atom is 0.233 e. The van der Waals surface area contributed by atoms with Crippen molar-refractivity contribution in [2.24, 2.45) is 0 Å². The molecule has 0 fully saturated rings. The summed E-state index contributed by atoms with van der Waals surface area (Å²) >= 11 is 5.96. The Kier molecular flexibility index (Phi) is 3.93. The van der Waals surface area contributed by atoms with Gasteiger partial charge in [0.05, 0.1) is 18.0 Å². The zero-order valence-electron chi connectivity index (χ0n) is 11.7. The molecule has 3 nitrogen and oxygen atoms in total. The maximum absolute atomic E-state index is 5.96. The van der Waals surface area contributed by atoms with Gasteiger partial charge in [-0.1, -0.05) is 41.9 Å². The van der Waals surface area contributed by atoms with Crippen LogP contribution in [-0.4, -0.2) is 16.4 Å². The van der Waals surface area contributed by atoms with E-state index in [2.05, 4.69) is 17.2 Å². The lowest BCUT2D eigenvalue weighted by atomic mass is 10.1. The van der Waals surface area contributed by atoms with Gasteiger partial charge in [-0.15, -0.1) is 5.10 Å². The van der Waals surface area contributed by atoms with Gasteiger partial charge < -0.3 is 4.74 Å². The zero-order chi connectivity index (χ0) is 14.7. The average Bonchev–Trinajstić information content (AvgIpc) is 2.93. The van der Waals surface area contributed by atoms with E-state index in [-0.39, 0.29) is 0 Å². The van der Waals surface area contributed by atoms with E-state index in [4.69, 9.17) is 16.3 Å². The molecule has 1 heterocycles. The lowest BCUT2D eigenvalue weighted by molar-refractivity contribution is 0.324. The Morgan fingerprint density at radius 3 is 2.43 bits per heavy atom. The van der Waals surface area contributed by atoms with Crippen molar-refractivity contribution in [2.45, 2.75) is 6.92 Å². The molecular formula is C17H15ClN2O. The molecule has 0 aliphatic heterocycles. The predicted molar refractivity (Wildman–Crippen MR) is 85.2 cm³/mol. The summed E-state index contributed by atoms with van der Waals surface area (Å²) in [5.41, 5.74) is 3.02. The molecule has 1 aromatic heterocycles. The van der Waals surface area contributed by atoms with E-state index in [9.17, 15) is 0 Å². The molecule has 3 aromatic rings. The third-order valence-corrected chi connectivity index (χ3v) is 3.37. The van der Waals surface area contributed by atoms with Gasteiger partial charge in [0.2, 0.25) is 5.88 Å². The molecule has 2 aromatic carbocycles. The summed E-state index contributed by atoms with van der Waals surface area (Å²) in [6, 6.07) is 19.7. The molecule has 0 atom stereocenters. The van der Waals surface area contributed by atoms with Crippen LogP contribution in [0.25, 0.3) is 16.9 Å². The number of hydrogen-bond donors (Lipinski definition) is 0. The summed E-state index contributed by atoms with van der Waals surface area (Å²) in [5.74, 6) is 0.617. The second-order valence-electron chi connectivity index (χ2n) is 4.56. The first kappa shape index (κ1) is 13.7. The summed E-state index contributed by atoms with van der Waals surface area (Å²) in [4.78, 5) is 0. The highest BCUT2D eigenvalue weighted by Gasteiger charge is 2.12. The van der Waals surface area contributed by atoms with Gasteiger partial charge in [-0.3, -0.25) is 0 Å². The SMILES string of the molecule is CCOc1cc(-c2ccccc2)n(-c2ccc(Cl)cc2)n1. The van der Waals surface area contributed by atoms with Crippen LogP contribution in [0.3, 0.4) is 0 Å². The van der Waals surface area contributed by atoms with Gasteiger partial charge in [0, 0.05) is 16.7 Å². The largest absolute Gasteiger partial charge is 0.477 e. The van der Waals surface area contributed by atoms with Gasteiger partial charge in [-0.05, 0) is 31.2 Å². The second kappa shape index (κ2) is 6.02. The fourth-order valence-electron chi connectivity index (χ4n) is 2.17. The molecule has 0 spiro atoms. The Bertz CT molecular complexity index is 720. The second-order valence-corrected chi connectivity index (χ2v) is 4.99. The van der Waals surface area contributed by atoms with E-state index in [0.717, 1.165) is 16.9 Å². The smallest absolute Gasteiger partial charge is 0.233 e. The fourth-order valence-corrected chi connectivity index (χ4v) is 2.30. The Morgan fingerprint density at radius 2 is 1.76 bits per heavy atom. The van der Waals surface area contributed by atoms with E-state index in [1.165, 1.54) is 0 Å². The summed E-state index contributed by atoms with van der Waals surface area (Å²) in [6.07, 6.45) is 0. The van der Waals surface area contributed by atoms with Gasteiger partial charge >= 0.3 is 0 Å². The Hall–Kier alpha value is -2.26. The van der Waals surface area contributed by atoms with E-state index < -0.39 is 0 Å². The van der Waals surface area contributed by atoms with Crippen LogP contribution in [0.2, 0.25) is 5.02 Å². The molecule has 0 saturated carbocycles. The van der Waals surface area contributed by atoms with Crippen LogP contribution in [0.5, 0.6) is 5.88 Å². The molecule has 4 heteroatoms. The van der Waals surface area contributed by atoms with Crippen molar-refractivity contribution in [1.82, 2.24) is 9.78 Å². The first-order valence-corrected chi connectivity index (χ1v) is 7.20. The van der Waals surface area contributed by atoms with E-state index in [1.54, 1.807) is 0 Å². The lowest BCUT2D eigenvalue weighted by Gasteiger charge is -2.07. The van der Waals surface area contributed by atoms with Crippen molar-refractivity contribution in [2.75, 3.05) is 6.61 Å².